The average molecular weight is 502 g/mol. The number of amidine groups is 2. The molecule has 12 heteroatoms. The summed E-state index contributed by atoms with van der Waals surface area (Å²) in [4.78, 5) is 16.7. The number of hydrazone groups is 1. The average Bonchev–Trinajstić information content (AvgIpc) is 3.37. The third-order valence-corrected chi connectivity index (χ3v) is 8.57. The number of ether oxygens (including phenoxy) is 2. The van der Waals surface area contributed by atoms with Crippen molar-refractivity contribution in [2.75, 3.05) is 20.0 Å². The Kier molecular flexibility index (Phi) is 6.13. The first-order valence-electron chi connectivity index (χ1n) is 10.3. The molecule has 2 aliphatic rings. The molecule has 1 aromatic carbocycles. The van der Waals surface area contributed by atoms with Gasteiger partial charge in [0.1, 0.15) is 11.5 Å². The van der Waals surface area contributed by atoms with Crippen LogP contribution in [0.25, 0.3) is 11.8 Å². The van der Waals surface area contributed by atoms with Gasteiger partial charge in [0.2, 0.25) is 19.4 Å². The molecule has 1 amide bonds. The molecule has 0 fully saturated rings. The van der Waals surface area contributed by atoms with Gasteiger partial charge >= 0.3 is 0 Å². The largest absolute Gasteiger partial charge is 0.497 e. The molecule has 0 atom stereocenters. The molecule has 0 aliphatic carbocycles. The first-order valence-corrected chi connectivity index (χ1v) is 12.7. The number of aromatic nitrogens is 1. The van der Waals surface area contributed by atoms with Crippen molar-refractivity contribution >= 4 is 49.0 Å². The van der Waals surface area contributed by atoms with Crippen LogP contribution in [0.5, 0.6) is 11.5 Å². The highest BCUT2D eigenvalue weighted by molar-refractivity contribution is 8.42. The van der Waals surface area contributed by atoms with Gasteiger partial charge in [0.25, 0.3) is 5.91 Å². The van der Waals surface area contributed by atoms with Gasteiger partial charge in [-0.05, 0) is 55.4 Å². The minimum atomic E-state index is -3.59. The van der Waals surface area contributed by atoms with E-state index in [2.05, 4.69) is 10.1 Å². The van der Waals surface area contributed by atoms with Crippen molar-refractivity contribution in [2.45, 2.75) is 20.8 Å². The smallest absolute Gasteiger partial charge is 0.283 e. The van der Waals surface area contributed by atoms with Crippen LogP contribution in [0.1, 0.15) is 23.9 Å². The summed E-state index contributed by atoms with van der Waals surface area (Å²) in [5.41, 5.74) is 3.23. The molecular weight excluding hydrogens is 478 g/mol. The second kappa shape index (κ2) is 8.76. The molecule has 0 bridgehead atoms. The molecule has 0 saturated carbocycles. The van der Waals surface area contributed by atoms with Gasteiger partial charge in [-0.15, -0.1) is 5.10 Å². The fraction of sp³-hybridized carbons (Fsp3) is 0.273. The fourth-order valence-corrected chi connectivity index (χ4v) is 5.82. The maximum atomic E-state index is 12.7. The Morgan fingerprint density at radius 1 is 1.18 bits per heavy atom. The standard InChI is InChI=1S/C22H23N5O5S2/c1-6-34(29,30)22-25-27-19(23)16(20(28)24-21(27)33-22)10-14-9-12(2)26(13(14)3)17-8-7-15(31-4)11-18(17)32-5/h7-11,23H,6H2,1-5H3/b16-10-,23-19?. The SMILES string of the molecule is CCS(=O)(=O)C1=NN2C(=N)/C(=C/c3cc(C)n(-c4ccc(OC)cc4OC)c3C)C(=O)N=C2S1. The number of methoxy groups -OCH3 is 2. The monoisotopic (exact) mass is 501 g/mol. The van der Waals surface area contributed by atoms with E-state index in [-0.39, 0.29) is 26.7 Å². The van der Waals surface area contributed by atoms with Gasteiger partial charge in [-0.3, -0.25) is 10.2 Å². The lowest BCUT2D eigenvalue weighted by atomic mass is 10.1. The van der Waals surface area contributed by atoms with E-state index in [0.717, 1.165) is 33.8 Å². The normalized spacial score (nSPS) is 17.1. The number of rotatable bonds is 5. The van der Waals surface area contributed by atoms with E-state index >= 15 is 0 Å². The summed E-state index contributed by atoms with van der Waals surface area (Å²) >= 11 is 0.777. The lowest BCUT2D eigenvalue weighted by Crippen LogP contribution is -2.35. The van der Waals surface area contributed by atoms with E-state index in [4.69, 9.17) is 14.9 Å². The molecule has 4 rings (SSSR count). The molecule has 0 saturated heterocycles. The molecule has 1 aromatic heterocycles. The Labute approximate surface area is 201 Å². The molecule has 3 heterocycles. The highest BCUT2D eigenvalue weighted by Crippen LogP contribution is 2.34. The molecule has 0 unspecified atom stereocenters. The van der Waals surface area contributed by atoms with E-state index in [9.17, 15) is 13.2 Å². The first kappa shape index (κ1) is 23.8. The highest BCUT2D eigenvalue weighted by atomic mass is 32.3. The Balaban J connectivity index is 1.76. The van der Waals surface area contributed by atoms with Crippen LogP contribution in [0.4, 0.5) is 0 Å². The summed E-state index contributed by atoms with van der Waals surface area (Å²) in [5, 5.41) is 13.7. The number of carbonyl (C=O) groups excluding carboxylic acids is 1. The van der Waals surface area contributed by atoms with Crippen molar-refractivity contribution in [3.8, 4) is 17.2 Å². The second-order valence-corrected chi connectivity index (χ2v) is 10.9. The van der Waals surface area contributed by atoms with E-state index in [1.54, 1.807) is 26.4 Å². The Morgan fingerprint density at radius 3 is 2.56 bits per heavy atom. The molecule has 2 aliphatic heterocycles. The zero-order chi connectivity index (χ0) is 24.8. The summed E-state index contributed by atoms with van der Waals surface area (Å²) in [6, 6.07) is 7.38. The van der Waals surface area contributed by atoms with Crippen molar-refractivity contribution in [1.29, 1.82) is 5.41 Å². The van der Waals surface area contributed by atoms with Crippen LogP contribution in [0.15, 0.2) is 39.9 Å². The summed E-state index contributed by atoms with van der Waals surface area (Å²) in [6.07, 6.45) is 1.58. The summed E-state index contributed by atoms with van der Waals surface area (Å²) < 4.78 is 37.0. The highest BCUT2D eigenvalue weighted by Gasteiger charge is 2.39. The summed E-state index contributed by atoms with van der Waals surface area (Å²) in [6.45, 7) is 5.32. The maximum Gasteiger partial charge on any atom is 0.283 e. The van der Waals surface area contributed by atoms with Crippen molar-refractivity contribution in [2.24, 2.45) is 10.1 Å². The number of nitrogens with zero attached hydrogens (tertiary/aromatic N) is 4. The van der Waals surface area contributed by atoms with E-state index < -0.39 is 15.7 Å². The molecular formula is C22H23N5O5S2. The van der Waals surface area contributed by atoms with Gasteiger partial charge in [0.05, 0.1) is 31.2 Å². The number of sulfone groups is 1. The number of aliphatic imine (C=N–C) groups is 1. The van der Waals surface area contributed by atoms with Crippen LogP contribution < -0.4 is 9.47 Å². The van der Waals surface area contributed by atoms with Gasteiger partial charge in [0, 0.05) is 17.5 Å². The van der Waals surface area contributed by atoms with Crippen molar-refractivity contribution in [3.63, 3.8) is 0 Å². The number of fused-ring (bicyclic) bond motifs is 1. The lowest BCUT2D eigenvalue weighted by Gasteiger charge is -2.20. The van der Waals surface area contributed by atoms with Crippen LogP contribution in [0, 0.1) is 19.3 Å². The van der Waals surface area contributed by atoms with E-state index in [0.29, 0.717) is 17.1 Å². The van der Waals surface area contributed by atoms with Gasteiger partial charge < -0.3 is 14.0 Å². The quantitative estimate of drug-likeness (QED) is 0.624. The van der Waals surface area contributed by atoms with Crippen LogP contribution in [-0.4, -0.2) is 59.3 Å². The van der Waals surface area contributed by atoms with Gasteiger partial charge in [0.15, 0.2) is 5.84 Å². The van der Waals surface area contributed by atoms with Gasteiger partial charge in [-0.25, -0.2) is 8.42 Å². The lowest BCUT2D eigenvalue weighted by molar-refractivity contribution is -0.114. The number of amides is 1. The zero-order valence-corrected chi connectivity index (χ0v) is 20.9. The third kappa shape index (κ3) is 3.92. The minimum Gasteiger partial charge on any atom is -0.497 e. The number of hydrogen-bond acceptors (Lipinski definition) is 8. The zero-order valence-electron chi connectivity index (χ0n) is 19.2. The van der Waals surface area contributed by atoms with Gasteiger partial charge in [-0.2, -0.15) is 10.0 Å². The van der Waals surface area contributed by atoms with Crippen LogP contribution in [0.3, 0.4) is 0 Å². The third-order valence-electron chi connectivity index (χ3n) is 5.48. The molecule has 0 spiro atoms. The molecule has 34 heavy (non-hydrogen) atoms. The van der Waals surface area contributed by atoms with Crippen LogP contribution in [-0.2, 0) is 14.6 Å². The maximum absolute atomic E-state index is 12.7. The topological polar surface area (TPSA) is 126 Å². The number of aryl methyl sites for hydroxylation is 1. The molecule has 10 nitrogen and oxygen atoms in total. The van der Waals surface area contributed by atoms with Crippen molar-refractivity contribution in [1.82, 2.24) is 9.58 Å². The molecule has 1 N–H and O–H groups in total. The van der Waals surface area contributed by atoms with Crippen LogP contribution in [0.2, 0.25) is 0 Å². The number of carbonyl (C=O) groups is 1. The Morgan fingerprint density at radius 2 is 1.91 bits per heavy atom. The van der Waals surface area contributed by atoms with Crippen LogP contribution >= 0.6 is 11.8 Å². The summed E-state index contributed by atoms with van der Waals surface area (Å²) in [5.74, 6) is 0.291. The molecule has 0 radical (unpaired) electrons. The predicted molar refractivity (Wildman–Crippen MR) is 133 cm³/mol. The first-order chi connectivity index (χ1) is 16.1. The second-order valence-electron chi connectivity index (χ2n) is 7.49. The van der Waals surface area contributed by atoms with Crippen molar-refractivity contribution < 1.29 is 22.7 Å². The summed E-state index contributed by atoms with van der Waals surface area (Å²) in [7, 11) is -0.426. The number of nitrogens with one attached hydrogen (secondary N) is 1. The minimum absolute atomic E-state index is 0.0187. The number of thioether (sulfide) groups is 1. The Hall–Kier alpha value is -3.38. The van der Waals surface area contributed by atoms with Crippen molar-refractivity contribution in [3.05, 3.63) is 46.8 Å². The van der Waals surface area contributed by atoms with Gasteiger partial charge in [-0.1, -0.05) is 6.92 Å². The molecule has 178 valence electrons. The number of hydrogen-bond donors (Lipinski definition) is 1. The predicted octanol–water partition coefficient (Wildman–Crippen LogP) is 3.12. The van der Waals surface area contributed by atoms with E-state index in [1.165, 1.54) is 6.92 Å². The van der Waals surface area contributed by atoms with E-state index in [1.807, 2.05) is 36.6 Å². The Bertz CT molecular complexity index is 1420. The molecule has 2 aromatic rings. The number of benzene rings is 1. The fourth-order valence-electron chi connectivity index (χ4n) is 3.65.